The lowest BCUT2D eigenvalue weighted by atomic mass is 10.1. The summed E-state index contributed by atoms with van der Waals surface area (Å²) in [6.45, 7) is 1.26. The van der Waals surface area contributed by atoms with E-state index in [4.69, 9.17) is 4.74 Å². The Hall–Kier alpha value is -2.34. The van der Waals surface area contributed by atoms with Crippen LogP contribution in [0.5, 0.6) is 0 Å². The molecular weight excluding hydrogens is 270 g/mol. The number of hydrogen-bond donors (Lipinski definition) is 3. The van der Waals surface area contributed by atoms with Crippen LogP contribution < -0.4 is 10.6 Å². The summed E-state index contributed by atoms with van der Waals surface area (Å²) in [5.74, 6) is -0.293. The van der Waals surface area contributed by atoms with Crippen LogP contribution in [-0.4, -0.2) is 43.6 Å². The van der Waals surface area contributed by atoms with Gasteiger partial charge < -0.3 is 20.4 Å². The molecule has 6 nitrogen and oxygen atoms in total. The van der Waals surface area contributed by atoms with Crippen molar-refractivity contribution in [3.8, 4) is 0 Å². The maximum absolute atomic E-state index is 12.1. The first-order valence-electron chi connectivity index (χ1n) is 6.82. The highest BCUT2D eigenvalue weighted by Gasteiger charge is 2.10. The predicted molar refractivity (Wildman–Crippen MR) is 80.1 cm³/mol. The number of methoxy groups -OCH3 is 1. The molecule has 6 heteroatoms. The van der Waals surface area contributed by atoms with Gasteiger partial charge in [-0.15, -0.1) is 0 Å². The third-order valence-electron chi connectivity index (χ3n) is 3.10. The van der Waals surface area contributed by atoms with E-state index in [1.165, 1.54) is 0 Å². The van der Waals surface area contributed by atoms with Crippen molar-refractivity contribution < 1.29 is 14.3 Å². The summed E-state index contributed by atoms with van der Waals surface area (Å²) >= 11 is 0. The van der Waals surface area contributed by atoms with Crippen LogP contribution in [-0.2, 0) is 9.53 Å². The Morgan fingerprint density at radius 1 is 1.19 bits per heavy atom. The zero-order valence-corrected chi connectivity index (χ0v) is 11.9. The van der Waals surface area contributed by atoms with Gasteiger partial charge >= 0.3 is 0 Å². The van der Waals surface area contributed by atoms with E-state index in [1.54, 1.807) is 19.4 Å². The summed E-state index contributed by atoms with van der Waals surface area (Å²) in [7, 11) is 1.58. The number of H-pyrrole nitrogens is 1. The van der Waals surface area contributed by atoms with Crippen molar-refractivity contribution in [3.05, 3.63) is 36.0 Å². The monoisotopic (exact) mass is 289 g/mol. The molecule has 112 valence electrons. The van der Waals surface area contributed by atoms with Crippen molar-refractivity contribution in [3.63, 3.8) is 0 Å². The van der Waals surface area contributed by atoms with Crippen LogP contribution in [0, 0.1) is 0 Å². The van der Waals surface area contributed by atoms with Crippen LogP contribution in [0.4, 0.5) is 0 Å². The zero-order valence-electron chi connectivity index (χ0n) is 11.9. The number of benzene rings is 1. The van der Waals surface area contributed by atoms with Crippen LogP contribution >= 0.6 is 0 Å². The average molecular weight is 289 g/mol. The van der Waals surface area contributed by atoms with Crippen molar-refractivity contribution >= 4 is 22.7 Å². The second kappa shape index (κ2) is 7.44. The lowest BCUT2D eigenvalue weighted by Crippen LogP contribution is -2.32. The summed E-state index contributed by atoms with van der Waals surface area (Å²) in [5.41, 5.74) is 1.39. The largest absolute Gasteiger partial charge is 0.383 e. The molecule has 0 unspecified atom stereocenters. The summed E-state index contributed by atoms with van der Waals surface area (Å²) in [6, 6.07) is 7.44. The molecule has 0 saturated heterocycles. The molecule has 0 bridgehead atoms. The fourth-order valence-corrected chi connectivity index (χ4v) is 2.04. The summed E-state index contributed by atoms with van der Waals surface area (Å²) in [6.07, 6.45) is 2.04. The topological polar surface area (TPSA) is 83.2 Å². The van der Waals surface area contributed by atoms with E-state index in [1.807, 2.05) is 18.2 Å². The molecule has 21 heavy (non-hydrogen) atoms. The first-order chi connectivity index (χ1) is 10.2. The molecule has 2 amide bonds. The third-order valence-corrected chi connectivity index (χ3v) is 3.10. The first kappa shape index (κ1) is 15.1. The van der Waals surface area contributed by atoms with E-state index in [-0.39, 0.29) is 18.2 Å². The Bertz CT molecular complexity index is 621. The summed E-state index contributed by atoms with van der Waals surface area (Å²) in [5, 5.41) is 6.44. The molecule has 3 N–H and O–H groups in total. The molecule has 2 aromatic rings. The fourth-order valence-electron chi connectivity index (χ4n) is 2.04. The minimum absolute atomic E-state index is 0.106. The van der Waals surface area contributed by atoms with Gasteiger partial charge in [-0.3, -0.25) is 9.59 Å². The van der Waals surface area contributed by atoms with Crippen molar-refractivity contribution in [2.45, 2.75) is 6.42 Å². The Labute approximate surface area is 122 Å². The number of rotatable bonds is 7. The van der Waals surface area contributed by atoms with Crippen LogP contribution in [0.1, 0.15) is 16.8 Å². The van der Waals surface area contributed by atoms with Crippen LogP contribution in [0.3, 0.4) is 0 Å². The third kappa shape index (κ3) is 4.06. The lowest BCUT2D eigenvalue weighted by Gasteiger charge is -2.07. The zero-order chi connectivity index (χ0) is 15.1. The smallest absolute Gasteiger partial charge is 0.253 e. The summed E-state index contributed by atoms with van der Waals surface area (Å²) < 4.78 is 4.84. The average Bonchev–Trinajstić information content (AvgIpc) is 2.95. The molecule has 0 radical (unpaired) electrons. The summed E-state index contributed by atoms with van der Waals surface area (Å²) in [4.78, 5) is 26.6. The van der Waals surface area contributed by atoms with E-state index in [9.17, 15) is 9.59 Å². The molecule has 1 aromatic heterocycles. The maximum atomic E-state index is 12.1. The van der Waals surface area contributed by atoms with Gasteiger partial charge in [-0.1, -0.05) is 12.1 Å². The molecule has 0 spiro atoms. The lowest BCUT2D eigenvalue weighted by molar-refractivity contribution is -0.121. The number of amides is 2. The second-order valence-corrected chi connectivity index (χ2v) is 4.60. The minimum atomic E-state index is -0.187. The van der Waals surface area contributed by atoms with Crippen molar-refractivity contribution in [1.29, 1.82) is 0 Å². The molecular formula is C15H19N3O3. The number of carbonyl (C=O) groups excluding carboxylic acids is 2. The fraction of sp³-hybridized carbons (Fsp3) is 0.333. The minimum Gasteiger partial charge on any atom is -0.383 e. The highest BCUT2D eigenvalue weighted by atomic mass is 16.5. The van der Waals surface area contributed by atoms with E-state index in [0.717, 1.165) is 10.9 Å². The molecule has 0 saturated carbocycles. The normalized spacial score (nSPS) is 10.5. The Kier molecular flexibility index (Phi) is 5.34. The Morgan fingerprint density at radius 2 is 2.05 bits per heavy atom. The van der Waals surface area contributed by atoms with Crippen LogP contribution in [0.25, 0.3) is 10.9 Å². The van der Waals surface area contributed by atoms with Gasteiger partial charge in [0.1, 0.15) is 0 Å². The SMILES string of the molecule is COCCNC(=O)CCNC(=O)c1cccc2cc[nH]c12. The molecule has 0 atom stereocenters. The van der Waals surface area contributed by atoms with Gasteiger partial charge in [0, 0.05) is 38.2 Å². The van der Waals surface area contributed by atoms with Crippen LogP contribution in [0.2, 0.25) is 0 Å². The number of ether oxygens (including phenoxy) is 1. The number of para-hydroxylation sites is 1. The van der Waals surface area contributed by atoms with Crippen molar-refractivity contribution in [2.24, 2.45) is 0 Å². The molecule has 2 rings (SSSR count). The van der Waals surface area contributed by atoms with Gasteiger partial charge in [-0.05, 0) is 12.1 Å². The number of carbonyl (C=O) groups is 2. The Balaban J connectivity index is 1.82. The van der Waals surface area contributed by atoms with Gasteiger partial charge in [-0.2, -0.15) is 0 Å². The molecule has 1 heterocycles. The number of fused-ring (bicyclic) bond motifs is 1. The van der Waals surface area contributed by atoms with Gasteiger partial charge in [0.15, 0.2) is 0 Å². The van der Waals surface area contributed by atoms with Gasteiger partial charge in [0.25, 0.3) is 5.91 Å². The van der Waals surface area contributed by atoms with Gasteiger partial charge in [-0.25, -0.2) is 0 Å². The molecule has 0 aliphatic rings. The van der Waals surface area contributed by atoms with E-state index in [2.05, 4.69) is 15.6 Å². The first-order valence-corrected chi connectivity index (χ1v) is 6.82. The highest BCUT2D eigenvalue weighted by molar-refractivity contribution is 6.05. The molecule has 1 aromatic carbocycles. The van der Waals surface area contributed by atoms with Gasteiger partial charge in [0.2, 0.25) is 5.91 Å². The van der Waals surface area contributed by atoms with E-state index >= 15 is 0 Å². The van der Waals surface area contributed by atoms with Crippen molar-refractivity contribution in [2.75, 3.05) is 26.8 Å². The predicted octanol–water partition coefficient (Wildman–Crippen LogP) is 1.05. The molecule has 0 fully saturated rings. The molecule has 0 aliphatic heterocycles. The number of aromatic nitrogens is 1. The van der Waals surface area contributed by atoms with E-state index in [0.29, 0.717) is 25.3 Å². The Morgan fingerprint density at radius 3 is 2.86 bits per heavy atom. The standard InChI is InChI=1S/C15H19N3O3/c1-21-10-9-16-13(19)6-8-18-15(20)12-4-2-3-11-5-7-17-14(11)12/h2-5,7,17H,6,8-10H2,1H3,(H,16,19)(H,18,20). The van der Waals surface area contributed by atoms with E-state index < -0.39 is 0 Å². The number of nitrogens with one attached hydrogen (secondary N) is 3. The number of aromatic amines is 1. The molecule has 0 aliphatic carbocycles. The van der Waals surface area contributed by atoms with Gasteiger partial charge in [0.05, 0.1) is 17.7 Å². The second-order valence-electron chi connectivity index (χ2n) is 4.60. The van der Waals surface area contributed by atoms with Crippen molar-refractivity contribution in [1.82, 2.24) is 15.6 Å². The maximum Gasteiger partial charge on any atom is 0.253 e. The highest BCUT2D eigenvalue weighted by Crippen LogP contribution is 2.16. The van der Waals surface area contributed by atoms with Crippen LogP contribution in [0.15, 0.2) is 30.5 Å². The number of hydrogen-bond acceptors (Lipinski definition) is 3. The quantitative estimate of drug-likeness (QED) is 0.666.